The van der Waals surface area contributed by atoms with E-state index in [-0.39, 0.29) is 5.41 Å². The Bertz CT molecular complexity index is 439. The van der Waals surface area contributed by atoms with Gasteiger partial charge in [0.25, 0.3) is 0 Å². The molecule has 0 amide bonds. The van der Waals surface area contributed by atoms with Crippen molar-refractivity contribution in [2.45, 2.75) is 52.1 Å². The number of hydrogen-bond acceptors (Lipinski definition) is 4. The maximum Gasteiger partial charge on any atom is 0.0832 e. The Kier molecular flexibility index (Phi) is 3.82. The standard InChI is InChI=1S/C15H26N4O/c1-15(2,3)8-12-9-19(17-16-12)13-4-6-18(7-5-13)14-10-20-11-14/h9,13-14H,4-8,10-11H2,1-3H3. The highest BCUT2D eigenvalue weighted by atomic mass is 16.5. The van der Waals surface area contributed by atoms with Crippen LogP contribution >= 0.6 is 0 Å². The van der Waals surface area contributed by atoms with E-state index in [4.69, 9.17) is 4.74 Å². The van der Waals surface area contributed by atoms with E-state index >= 15 is 0 Å². The van der Waals surface area contributed by atoms with Crippen LogP contribution in [0.15, 0.2) is 6.20 Å². The molecule has 2 saturated heterocycles. The molecule has 0 bridgehead atoms. The van der Waals surface area contributed by atoms with Crippen molar-refractivity contribution in [2.75, 3.05) is 26.3 Å². The lowest BCUT2D eigenvalue weighted by molar-refractivity contribution is -0.0734. The monoisotopic (exact) mass is 278 g/mol. The van der Waals surface area contributed by atoms with Crippen LogP contribution in [0.4, 0.5) is 0 Å². The van der Waals surface area contributed by atoms with E-state index in [1.54, 1.807) is 0 Å². The third-order valence-corrected chi connectivity index (χ3v) is 4.28. The number of hydrogen-bond donors (Lipinski definition) is 0. The Morgan fingerprint density at radius 2 is 1.90 bits per heavy atom. The summed E-state index contributed by atoms with van der Waals surface area (Å²) in [7, 11) is 0. The lowest BCUT2D eigenvalue weighted by atomic mass is 9.91. The Balaban J connectivity index is 1.55. The second kappa shape index (κ2) is 5.45. The molecule has 112 valence electrons. The van der Waals surface area contributed by atoms with Crippen LogP contribution in [-0.4, -0.2) is 52.2 Å². The molecule has 2 fully saturated rings. The van der Waals surface area contributed by atoms with Gasteiger partial charge in [0.05, 0.1) is 31.0 Å². The summed E-state index contributed by atoms with van der Waals surface area (Å²) in [5.41, 5.74) is 1.39. The van der Waals surface area contributed by atoms with Crippen LogP contribution in [0.2, 0.25) is 0 Å². The lowest BCUT2D eigenvalue weighted by Gasteiger charge is -2.41. The summed E-state index contributed by atoms with van der Waals surface area (Å²) < 4.78 is 7.37. The number of likely N-dealkylation sites (tertiary alicyclic amines) is 1. The first kappa shape index (κ1) is 14.0. The molecule has 0 N–H and O–H groups in total. The van der Waals surface area contributed by atoms with E-state index in [2.05, 4.69) is 46.9 Å². The molecule has 0 atom stereocenters. The summed E-state index contributed by atoms with van der Waals surface area (Å²) >= 11 is 0. The molecule has 20 heavy (non-hydrogen) atoms. The van der Waals surface area contributed by atoms with Gasteiger partial charge in [0.2, 0.25) is 0 Å². The van der Waals surface area contributed by atoms with Crippen LogP contribution in [-0.2, 0) is 11.2 Å². The van der Waals surface area contributed by atoms with E-state index in [1.165, 1.54) is 12.8 Å². The highest BCUT2D eigenvalue weighted by Gasteiger charge is 2.30. The molecular formula is C15H26N4O. The molecule has 1 aromatic heterocycles. The fourth-order valence-corrected chi connectivity index (χ4v) is 3.07. The van der Waals surface area contributed by atoms with E-state index in [1.807, 2.05) is 0 Å². The third-order valence-electron chi connectivity index (χ3n) is 4.28. The van der Waals surface area contributed by atoms with Gasteiger partial charge in [-0.25, -0.2) is 4.68 Å². The van der Waals surface area contributed by atoms with Crippen molar-refractivity contribution in [3.63, 3.8) is 0 Å². The fraction of sp³-hybridized carbons (Fsp3) is 0.867. The van der Waals surface area contributed by atoms with E-state index < -0.39 is 0 Å². The van der Waals surface area contributed by atoms with Gasteiger partial charge in [-0.2, -0.15) is 0 Å². The second-order valence-corrected chi connectivity index (χ2v) is 7.39. The Morgan fingerprint density at radius 3 is 2.45 bits per heavy atom. The molecule has 0 spiro atoms. The van der Waals surface area contributed by atoms with Gasteiger partial charge in [-0.3, -0.25) is 4.90 Å². The minimum Gasteiger partial charge on any atom is -0.378 e. The molecule has 0 saturated carbocycles. The van der Waals surface area contributed by atoms with Crippen LogP contribution in [0.1, 0.15) is 45.3 Å². The molecule has 1 aromatic rings. The Hall–Kier alpha value is -0.940. The second-order valence-electron chi connectivity index (χ2n) is 7.39. The minimum atomic E-state index is 0.272. The molecule has 3 heterocycles. The van der Waals surface area contributed by atoms with Crippen molar-refractivity contribution in [1.82, 2.24) is 19.9 Å². The van der Waals surface area contributed by atoms with Gasteiger partial charge in [0, 0.05) is 19.3 Å². The van der Waals surface area contributed by atoms with Crippen molar-refractivity contribution in [3.05, 3.63) is 11.9 Å². The largest absolute Gasteiger partial charge is 0.378 e. The molecule has 2 aliphatic heterocycles. The maximum absolute atomic E-state index is 5.28. The van der Waals surface area contributed by atoms with E-state index in [0.717, 1.165) is 38.4 Å². The minimum absolute atomic E-state index is 0.272. The molecule has 0 aliphatic carbocycles. The van der Waals surface area contributed by atoms with Crippen LogP contribution in [0.3, 0.4) is 0 Å². The first-order valence-corrected chi connectivity index (χ1v) is 7.74. The first-order chi connectivity index (χ1) is 9.51. The third kappa shape index (κ3) is 3.20. The van der Waals surface area contributed by atoms with Gasteiger partial charge in [0.15, 0.2) is 0 Å². The van der Waals surface area contributed by atoms with Crippen molar-refractivity contribution in [1.29, 1.82) is 0 Å². The van der Waals surface area contributed by atoms with Crippen LogP contribution in [0.5, 0.6) is 0 Å². The van der Waals surface area contributed by atoms with Gasteiger partial charge in [-0.15, -0.1) is 5.10 Å². The molecule has 0 aromatic carbocycles. The highest BCUT2D eigenvalue weighted by molar-refractivity contribution is 4.97. The van der Waals surface area contributed by atoms with Gasteiger partial charge >= 0.3 is 0 Å². The van der Waals surface area contributed by atoms with E-state index in [9.17, 15) is 0 Å². The van der Waals surface area contributed by atoms with Gasteiger partial charge in [0.1, 0.15) is 0 Å². The van der Waals surface area contributed by atoms with Crippen LogP contribution in [0.25, 0.3) is 0 Å². The molecule has 0 radical (unpaired) electrons. The molecule has 5 heteroatoms. The zero-order valence-electron chi connectivity index (χ0n) is 12.9. The molecule has 0 unspecified atom stereocenters. The summed E-state index contributed by atoms with van der Waals surface area (Å²) in [5, 5.41) is 8.69. The summed E-state index contributed by atoms with van der Waals surface area (Å²) in [6, 6.07) is 1.19. The predicted molar refractivity (Wildman–Crippen MR) is 77.6 cm³/mol. The van der Waals surface area contributed by atoms with Crippen LogP contribution < -0.4 is 0 Å². The highest BCUT2D eigenvalue weighted by Crippen LogP contribution is 2.26. The van der Waals surface area contributed by atoms with Gasteiger partial charge in [-0.05, 0) is 24.7 Å². The quantitative estimate of drug-likeness (QED) is 0.847. The Labute approximate surface area is 121 Å². The molecule has 2 aliphatic rings. The normalized spacial score (nSPS) is 22.9. The number of nitrogens with zero attached hydrogens (tertiary/aromatic N) is 4. The fourth-order valence-electron chi connectivity index (χ4n) is 3.07. The van der Waals surface area contributed by atoms with Gasteiger partial charge in [-0.1, -0.05) is 26.0 Å². The number of piperidine rings is 1. The first-order valence-electron chi connectivity index (χ1n) is 7.74. The number of aromatic nitrogens is 3. The average molecular weight is 278 g/mol. The number of ether oxygens (including phenoxy) is 1. The zero-order valence-corrected chi connectivity index (χ0v) is 12.9. The van der Waals surface area contributed by atoms with Crippen LogP contribution in [0, 0.1) is 5.41 Å². The Morgan fingerprint density at radius 1 is 1.20 bits per heavy atom. The lowest BCUT2D eigenvalue weighted by Crippen LogP contribution is -2.51. The van der Waals surface area contributed by atoms with Crippen molar-refractivity contribution < 1.29 is 4.74 Å². The zero-order chi connectivity index (χ0) is 14.2. The molecular weight excluding hydrogens is 252 g/mol. The van der Waals surface area contributed by atoms with Crippen molar-refractivity contribution >= 4 is 0 Å². The summed E-state index contributed by atoms with van der Waals surface area (Å²) in [4.78, 5) is 2.56. The van der Waals surface area contributed by atoms with E-state index in [0.29, 0.717) is 12.1 Å². The maximum atomic E-state index is 5.28. The van der Waals surface area contributed by atoms with Gasteiger partial charge < -0.3 is 4.74 Å². The predicted octanol–water partition coefficient (Wildman–Crippen LogP) is 1.90. The van der Waals surface area contributed by atoms with Crippen molar-refractivity contribution in [2.24, 2.45) is 5.41 Å². The molecule has 5 nitrogen and oxygen atoms in total. The summed E-state index contributed by atoms with van der Waals surface area (Å²) in [6.07, 6.45) is 5.49. The SMILES string of the molecule is CC(C)(C)Cc1cn(C2CCN(C3COC3)CC2)nn1. The van der Waals surface area contributed by atoms with Crippen molar-refractivity contribution in [3.8, 4) is 0 Å². The average Bonchev–Trinajstić information content (AvgIpc) is 2.74. The smallest absolute Gasteiger partial charge is 0.0832 e. The summed E-state index contributed by atoms with van der Waals surface area (Å²) in [6.45, 7) is 10.9. The topological polar surface area (TPSA) is 43.2 Å². The molecule has 3 rings (SSSR count). The number of rotatable bonds is 3. The summed E-state index contributed by atoms with van der Waals surface area (Å²) in [5.74, 6) is 0.